The molecule has 3 N–H and O–H groups in total. The zero-order valence-electron chi connectivity index (χ0n) is 9.72. The van der Waals surface area contributed by atoms with Crippen LogP contribution in [0.2, 0.25) is 5.02 Å². The number of nitrogen functional groups attached to an aromatic ring is 1. The Bertz CT molecular complexity index is 548. The number of nitrogens with two attached hydrogens (primary N) is 1. The van der Waals surface area contributed by atoms with Gasteiger partial charge in [0.1, 0.15) is 10.7 Å². The average Bonchev–Trinajstić information content (AvgIpc) is 2.28. The van der Waals surface area contributed by atoms with E-state index in [2.05, 4.69) is 9.71 Å². The van der Waals surface area contributed by atoms with Crippen molar-refractivity contribution < 1.29 is 12.6 Å². The van der Waals surface area contributed by atoms with Gasteiger partial charge in [-0.1, -0.05) is 11.6 Å². The summed E-state index contributed by atoms with van der Waals surface area (Å²) in [4.78, 5) is 3.64. The van der Waals surface area contributed by atoms with Crippen molar-refractivity contribution in [2.24, 2.45) is 0 Å². The summed E-state index contributed by atoms with van der Waals surface area (Å²) in [7, 11) is -4.58. The Labute approximate surface area is 113 Å². The molecule has 1 atom stereocenters. The fourth-order valence-electron chi connectivity index (χ4n) is 1.14. The van der Waals surface area contributed by atoms with Crippen LogP contribution in [0.5, 0.6) is 0 Å². The molecule has 0 fully saturated rings. The van der Waals surface area contributed by atoms with Gasteiger partial charge in [0, 0.05) is 35.5 Å². The van der Waals surface area contributed by atoms with Crippen molar-refractivity contribution in [2.45, 2.75) is 11.3 Å². The lowest BCUT2D eigenvalue weighted by Crippen LogP contribution is -2.25. The molecule has 0 amide bonds. The van der Waals surface area contributed by atoms with Gasteiger partial charge in [-0.25, -0.2) is 18.1 Å². The first-order valence-electron chi connectivity index (χ1n) is 5.03. The number of hydrogen-bond donors (Lipinski definition) is 2. The van der Waals surface area contributed by atoms with E-state index in [1.165, 1.54) is 6.07 Å². The lowest BCUT2D eigenvalue weighted by molar-refractivity contribution is 0.580. The number of aromatic nitrogens is 1. The molecule has 0 bridgehead atoms. The lowest BCUT2D eigenvalue weighted by Gasteiger charge is -2.06. The van der Waals surface area contributed by atoms with Gasteiger partial charge in [0.2, 0.25) is 10.0 Å². The third kappa shape index (κ3) is 4.52. The summed E-state index contributed by atoms with van der Waals surface area (Å²) >= 11 is 5.70. The van der Waals surface area contributed by atoms with Crippen molar-refractivity contribution in [3.8, 4) is 0 Å². The number of anilines is 1. The first kappa shape index (κ1) is 15.4. The number of sulfonamides is 1. The Morgan fingerprint density at radius 2 is 2.22 bits per heavy atom. The third-order valence-corrected chi connectivity index (χ3v) is 4.65. The van der Waals surface area contributed by atoms with E-state index in [9.17, 15) is 12.6 Å². The van der Waals surface area contributed by atoms with E-state index in [1.54, 1.807) is 6.26 Å². The van der Waals surface area contributed by atoms with Crippen LogP contribution in [-0.2, 0) is 20.8 Å². The average molecular weight is 312 g/mol. The van der Waals surface area contributed by atoms with Gasteiger partial charge in [0.25, 0.3) is 0 Å². The van der Waals surface area contributed by atoms with Crippen LogP contribution in [0.15, 0.2) is 17.2 Å². The van der Waals surface area contributed by atoms with Crippen LogP contribution in [0.3, 0.4) is 0 Å². The van der Waals surface area contributed by atoms with E-state index in [0.717, 1.165) is 6.20 Å². The van der Waals surface area contributed by atoms with Gasteiger partial charge in [0.05, 0.1) is 5.02 Å². The number of pyridine rings is 1. The fraction of sp³-hybridized carbons (Fsp3) is 0.444. The maximum absolute atomic E-state index is 11.8. The quantitative estimate of drug-likeness (QED) is 0.739. The molecule has 0 spiro atoms. The first-order valence-corrected chi connectivity index (χ1v) is 8.62. The highest BCUT2D eigenvalue weighted by molar-refractivity contribution is 7.89. The minimum absolute atomic E-state index is 0.0423. The Morgan fingerprint density at radius 3 is 2.78 bits per heavy atom. The van der Waals surface area contributed by atoms with Gasteiger partial charge in [-0.15, -0.1) is 0 Å². The van der Waals surface area contributed by atoms with Crippen molar-refractivity contribution in [1.82, 2.24) is 9.71 Å². The first-order chi connectivity index (χ1) is 8.33. The van der Waals surface area contributed by atoms with Crippen LogP contribution in [0.1, 0.15) is 6.42 Å². The molecule has 0 aliphatic carbocycles. The van der Waals surface area contributed by atoms with Crippen molar-refractivity contribution in [1.29, 1.82) is 0 Å². The highest BCUT2D eigenvalue weighted by Crippen LogP contribution is 2.19. The maximum Gasteiger partial charge on any atom is 0.242 e. The highest BCUT2D eigenvalue weighted by atomic mass is 35.5. The van der Waals surface area contributed by atoms with Crippen LogP contribution in [0.4, 0.5) is 5.82 Å². The molecule has 1 rings (SSSR count). The molecule has 0 aliphatic heterocycles. The molecule has 6 nitrogen and oxygen atoms in total. The van der Waals surface area contributed by atoms with Gasteiger partial charge < -0.3 is 5.73 Å². The van der Waals surface area contributed by atoms with Crippen molar-refractivity contribution in [3.05, 3.63) is 17.3 Å². The van der Waals surface area contributed by atoms with Gasteiger partial charge in [0.15, 0.2) is 0 Å². The minimum Gasteiger partial charge on any atom is -0.382 e. The minimum atomic E-state index is -3.65. The van der Waals surface area contributed by atoms with Gasteiger partial charge >= 0.3 is 0 Å². The third-order valence-electron chi connectivity index (χ3n) is 2.06. The molecule has 0 radical (unpaired) electrons. The zero-order chi connectivity index (χ0) is 13.8. The molecule has 0 aliphatic rings. The predicted molar refractivity (Wildman–Crippen MR) is 72.4 cm³/mol. The molecule has 1 aromatic rings. The smallest absolute Gasteiger partial charge is 0.242 e. The Hall–Kier alpha value is -0.700. The van der Waals surface area contributed by atoms with E-state index in [4.69, 9.17) is 17.3 Å². The predicted octanol–water partition coefficient (Wildman–Crippen LogP) is 0.364. The molecule has 1 heterocycles. The van der Waals surface area contributed by atoms with Crippen molar-refractivity contribution in [2.75, 3.05) is 24.3 Å². The summed E-state index contributed by atoms with van der Waals surface area (Å²) in [5.41, 5.74) is 5.39. The standard InChI is InChI=1S/C9H14ClN3O3S2/c1-17(14)4-2-3-13-18(15,16)7-5-8(10)9(11)12-6-7/h5-6,13H,2-4H2,1H3,(H2,11,12). The molecule has 1 aromatic heterocycles. The van der Waals surface area contributed by atoms with Crippen LogP contribution in [-0.4, -0.2) is 36.2 Å². The zero-order valence-corrected chi connectivity index (χ0v) is 12.1. The largest absolute Gasteiger partial charge is 0.382 e. The molecule has 1 unspecified atom stereocenters. The Morgan fingerprint density at radius 1 is 1.56 bits per heavy atom. The molecular weight excluding hydrogens is 298 g/mol. The summed E-state index contributed by atoms with van der Waals surface area (Å²) < 4.78 is 36.8. The monoisotopic (exact) mass is 311 g/mol. The molecular formula is C9H14ClN3O3S2. The summed E-state index contributed by atoms with van der Waals surface area (Å²) in [6, 6.07) is 1.24. The second-order valence-electron chi connectivity index (χ2n) is 3.57. The number of nitrogens with zero attached hydrogens (tertiary/aromatic N) is 1. The van der Waals surface area contributed by atoms with Crippen LogP contribution in [0.25, 0.3) is 0 Å². The van der Waals surface area contributed by atoms with Crippen molar-refractivity contribution in [3.63, 3.8) is 0 Å². The second-order valence-corrected chi connectivity index (χ2v) is 7.30. The normalized spacial score (nSPS) is 13.4. The van der Waals surface area contributed by atoms with E-state index in [1.807, 2.05) is 0 Å². The fourth-order valence-corrected chi connectivity index (χ4v) is 2.97. The molecule has 9 heteroatoms. The SMILES string of the molecule is CS(=O)CCCNS(=O)(=O)c1cnc(N)c(Cl)c1. The van der Waals surface area contributed by atoms with Crippen molar-refractivity contribution >= 4 is 38.2 Å². The highest BCUT2D eigenvalue weighted by Gasteiger charge is 2.15. The van der Waals surface area contributed by atoms with Gasteiger partial charge in [-0.05, 0) is 12.5 Å². The Kier molecular flexibility index (Phi) is 5.51. The molecule has 102 valence electrons. The van der Waals surface area contributed by atoms with Gasteiger partial charge in [-0.3, -0.25) is 4.21 Å². The number of halogens is 1. The van der Waals surface area contributed by atoms with E-state index < -0.39 is 20.8 Å². The van der Waals surface area contributed by atoms with Crippen LogP contribution >= 0.6 is 11.6 Å². The summed E-state index contributed by atoms with van der Waals surface area (Å²) in [5, 5.41) is 0.0903. The van der Waals surface area contributed by atoms with Crippen LogP contribution < -0.4 is 10.5 Å². The molecule has 0 saturated heterocycles. The number of rotatable bonds is 6. The molecule has 18 heavy (non-hydrogen) atoms. The molecule has 0 aromatic carbocycles. The van der Waals surface area contributed by atoms with E-state index in [-0.39, 0.29) is 22.3 Å². The lowest BCUT2D eigenvalue weighted by atomic mass is 10.5. The summed E-state index contributed by atoms with van der Waals surface area (Å²) in [6.07, 6.45) is 3.21. The number of hydrogen-bond acceptors (Lipinski definition) is 5. The maximum atomic E-state index is 11.8. The summed E-state index contributed by atoms with van der Waals surface area (Å²) in [6.45, 7) is 0.212. The van der Waals surface area contributed by atoms with E-state index in [0.29, 0.717) is 12.2 Å². The van der Waals surface area contributed by atoms with Crippen LogP contribution in [0, 0.1) is 0 Å². The second kappa shape index (κ2) is 6.46. The molecule has 0 saturated carbocycles. The number of nitrogens with one attached hydrogen (secondary N) is 1. The summed E-state index contributed by atoms with van der Waals surface area (Å²) in [5.74, 6) is 0.528. The Balaban J connectivity index is 2.68. The topological polar surface area (TPSA) is 102 Å². The van der Waals surface area contributed by atoms with E-state index >= 15 is 0 Å². The van der Waals surface area contributed by atoms with Gasteiger partial charge in [-0.2, -0.15) is 0 Å².